The number of nitrogens with zero attached hydrogens (tertiary/aromatic N) is 3. The highest BCUT2D eigenvalue weighted by atomic mass is 14.9. The molecule has 0 saturated heterocycles. The molecule has 0 bridgehead atoms. The molecule has 1 aliphatic carbocycles. The first kappa shape index (κ1) is 23.0. The van der Waals surface area contributed by atoms with Crippen molar-refractivity contribution >= 4 is 5.84 Å². The molecule has 168 valence electrons. The highest BCUT2D eigenvalue weighted by Crippen LogP contribution is 2.44. The number of hydrogen-bond acceptors (Lipinski definition) is 3. The number of benzene rings is 3. The van der Waals surface area contributed by atoms with Gasteiger partial charge < -0.3 is 5.73 Å². The van der Waals surface area contributed by atoms with Gasteiger partial charge in [0, 0.05) is 5.92 Å². The van der Waals surface area contributed by atoms with E-state index in [0.717, 1.165) is 22.3 Å². The second kappa shape index (κ2) is 9.38. The van der Waals surface area contributed by atoms with Gasteiger partial charge in [0.15, 0.2) is 0 Å². The third-order valence-electron chi connectivity index (χ3n) is 6.57. The minimum atomic E-state index is -0.692. The zero-order valence-electron chi connectivity index (χ0n) is 19.6. The molecule has 4 nitrogen and oxygen atoms in total. The van der Waals surface area contributed by atoms with E-state index >= 15 is 0 Å². The molecule has 0 aromatic heterocycles. The summed E-state index contributed by atoms with van der Waals surface area (Å²) in [4.78, 5) is 4.92. The van der Waals surface area contributed by atoms with E-state index in [0.29, 0.717) is 22.9 Å². The van der Waals surface area contributed by atoms with Gasteiger partial charge in [0.1, 0.15) is 0 Å². The Labute approximate surface area is 201 Å². The summed E-state index contributed by atoms with van der Waals surface area (Å²) < 4.78 is 0. The van der Waals surface area contributed by atoms with Crippen LogP contribution in [0.25, 0.3) is 11.1 Å². The molecule has 1 fully saturated rings. The lowest BCUT2D eigenvalue weighted by Gasteiger charge is -2.34. The summed E-state index contributed by atoms with van der Waals surface area (Å²) in [5, 5.41) is 18.8. The van der Waals surface area contributed by atoms with Crippen LogP contribution >= 0.6 is 0 Å². The van der Waals surface area contributed by atoms with Crippen LogP contribution in [0.5, 0.6) is 0 Å². The Hall–Kier alpha value is -4.15. The molecule has 2 atom stereocenters. The Morgan fingerprint density at radius 1 is 1.03 bits per heavy atom. The smallest absolute Gasteiger partial charge is 0.0992 e. The van der Waals surface area contributed by atoms with Crippen LogP contribution in [-0.4, -0.2) is 5.84 Å². The lowest BCUT2D eigenvalue weighted by molar-refractivity contribution is 0.445. The first-order valence-corrected chi connectivity index (χ1v) is 11.5. The van der Waals surface area contributed by atoms with Crippen molar-refractivity contribution in [2.45, 2.75) is 44.1 Å². The molecule has 2 unspecified atom stereocenters. The van der Waals surface area contributed by atoms with Crippen molar-refractivity contribution in [1.29, 1.82) is 10.5 Å². The molecule has 2 N–H and O–H groups in total. The Kier molecular flexibility index (Phi) is 6.35. The predicted octanol–water partition coefficient (Wildman–Crippen LogP) is 6.54. The van der Waals surface area contributed by atoms with Gasteiger partial charge >= 0.3 is 0 Å². The lowest BCUT2D eigenvalue weighted by atomic mass is 9.75. The Bertz CT molecular complexity index is 1300. The normalized spacial score (nSPS) is 16.1. The lowest BCUT2D eigenvalue weighted by Crippen LogP contribution is -2.30. The SMILES string of the molecule is C=CC(c1ccc(C2CC2)cc1)C(C)(N=C(C)N)c1cccc(-c2cc(C#N)cc(C#N)c2)c1. The van der Waals surface area contributed by atoms with Gasteiger partial charge in [0.05, 0.1) is 34.6 Å². The summed E-state index contributed by atoms with van der Waals surface area (Å²) in [6.07, 6.45) is 4.48. The van der Waals surface area contributed by atoms with Gasteiger partial charge in [0.2, 0.25) is 0 Å². The van der Waals surface area contributed by atoms with Gasteiger partial charge in [-0.25, -0.2) is 0 Å². The minimum Gasteiger partial charge on any atom is -0.388 e. The van der Waals surface area contributed by atoms with Crippen molar-refractivity contribution in [3.8, 4) is 23.3 Å². The van der Waals surface area contributed by atoms with Crippen LogP contribution in [0, 0.1) is 22.7 Å². The van der Waals surface area contributed by atoms with Crippen LogP contribution in [0.1, 0.15) is 66.3 Å². The van der Waals surface area contributed by atoms with Crippen molar-refractivity contribution in [1.82, 2.24) is 0 Å². The largest absolute Gasteiger partial charge is 0.388 e. The first-order valence-electron chi connectivity index (χ1n) is 11.5. The number of hydrogen-bond donors (Lipinski definition) is 1. The summed E-state index contributed by atoms with van der Waals surface area (Å²) in [6.45, 7) is 8.03. The van der Waals surface area contributed by atoms with Crippen molar-refractivity contribution in [2.24, 2.45) is 10.7 Å². The maximum Gasteiger partial charge on any atom is 0.0992 e. The molecular weight excluding hydrogens is 416 g/mol. The van der Waals surface area contributed by atoms with Crippen LogP contribution in [0.4, 0.5) is 0 Å². The fourth-order valence-electron chi connectivity index (χ4n) is 4.70. The molecule has 34 heavy (non-hydrogen) atoms. The van der Waals surface area contributed by atoms with Crippen molar-refractivity contribution < 1.29 is 0 Å². The highest BCUT2D eigenvalue weighted by Gasteiger charge is 2.36. The van der Waals surface area contributed by atoms with Gasteiger partial charge in [-0.2, -0.15) is 10.5 Å². The third kappa shape index (κ3) is 4.63. The zero-order valence-corrected chi connectivity index (χ0v) is 19.6. The van der Waals surface area contributed by atoms with E-state index in [1.165, 1.54) is 18.4 Å². The highest BCUT2D eigenvalue weighted by molar-refractivity contribution is 5.78. The molecule has 0 aliphatic heterocycles. The van der Waals surface area contributed by atoms with Crippen LogP contribution < -0.4 is 5.73 Å². The van der Waals surface area contributed by atoms with E-state index in [4.69, 9.17) is 10.7 Å². The quantitative estimate of drug-likeness (QED) is 0.255. The molecule has 0 radical (unpaired) electrons. The first-order chi connectivity index (χ1) is 16.4. The Morgan fingerprint density at radius 2 is 1.68 bits per heavy atom. The average Bonchev–Trinajstić information content (AvgIpc) is 3.70. The molecule has 0 heterocycles. The summed E-state index contributed by atoms with van der Waals surface area (Å²) in [5.41, 5.74) is 11.6. The van der Waals surface area contributed by atoms with Crippen LogP contribution in [-0.2, 0) is 5.54 Å². The molecule has 4 heteroatoms. The summed E-state index contributed by atoms with van der Waals surface area (Å²) in [5.74, 6) is 1.09. The van der Waals surface area contributed by atoms with E-state index in [1.807, 2.05) is 24.3 Å². The molecule has 3 aromatic carbocycles. The van der Waals surface area contributed by atoms with E-state index in [1.54, 1.807) is 25.1 Å². The van der Waals surface area contributed by atoms with Crippen LogP contribution in [0.3, 0.4) is 0 Å². The molecule has 3 aromatic rings. The van der Waals surface area contributed by atoms with Gasteiger partial charge in [-0.05, 0) is 84.7 Å². The maximum absolute atomic E-state index is 9.40. The molecule has 1 saturated carbocycles. The van der Waals surface area contributed by atoms with Gasteiger partial charge in [0.25, 0.3) is 0 Å². The number of amidine groups is 1. The zero-order chi connectivity index (χ0) is 24.3. The van der Waals surface area contributed by atoms with Gasteiger partial charge in [-0.1, -0.05) is 48.5 Å². The van der Waals surface area contributed by atoms with E-state index in [9.17, 15) is 10.5 Å². The van der Waals surface area contributed by atoms with Gasteiger partial charge in [-0.3, -0.25) is 4.99 Å². The topological polar surface area (TPSA) is 86.0 Å². The van der Waals surface area contributed by atoms with Crippen LogP contribution in [0.2, 0.25) is 0 Å². The molecule has 1 aliphatic rings. The maximum atomic E-state index is 9.40. The van der Waals surface area contributed by atoms with E-state index < -0.39 is 5.54 Å². The van der Waals surface area contributed by atoms with Crippen molar-refractivity contribution in [3.63, 3.8) is 0 Å². The predicted molar refractivity (Wildman–Crippen MR) is 137 cm³/mol. The standard InChI is InChI=1S/C30H28N4/c1-4-29(25-12-10-24(11-13-25)23-8-9-23)30(3,34-20(2)33)28-7-5-6-26(17-28)27-15-21(18-31)14-22(16-27)19-32/h4-7,10-17,23,29H,1,8-9H2,2-3H3,(H2,33,34). The number of rotatable bonds is 7. The summed E-state index contributed by atoms with van der Waals surface area (Å²) in [7, 11) is 0. The molecular formula is C30H28N4. The summed E-state index contributed by atoms with van der Waals surface area (Å²) >= 11 is 0. The second-order valence-electron chi connectivity index (χ2n) is 9.16. The Morgan fingerprint density at radius 3 is 2.21 bits per heavy atom. The monoisotopic (exact) mass is 444 g/mol. The molecule has 4 rings (SSSR count). The summed E-state index contributed by atoms with van der Waals surface area (Å²) in [6, 6.07) is 26.4. The molecule has 0 spiro atoms. The fourth-order valence-corrected chi connectivity index (χ4v) is 4.70. The second-order valence-corrected chi connectivity index (χ2v) is 9.16. The minimum absolute atomic E-state index is 0.102. The van der Waals surface area contributed by atoms with E-state index in [-0.39, 0.29) is 5.92 Å². The Balaban J connectivity index is 1.81. The van der Waals surface area contributed by atoms with E-state index in [2.05, 4.69) is 56.0 Å². The third-order valence-corrected chi connectivity index (χ3v) is 6.57. The number of aliphatic imine (C=N–C) groups is 1. The van der Waals surface area contributed by atoms with Crippen LogP contribution in [0.15, 0.2) is 84.4 Å². The van der Waals surface area contributed by atoms with Gasteiger partial charge in [-0.15, -0.1) is 6.58 Å². The molecule has 0 amide bonds. The van der Waals surface area contributed by atoms with Crippen molar-refractivity contribution in [2.75, 3.05) is 0 Å². The fraction of sp³-hybridized carbons (Fsp3) is 0.233. The number of nitrogens with two attached hydrogens (primary N) is 1. The average molecular weight is 445 g/mol. The number of nitriles is 2. The van der Waals surface area contributed by atoms with Crippen molar-refractivity contribution in [3.05, 3.63) is 107 Å².